The van der Waals surface area contributed by atoms with Crippen molar-refractivity contribution in [3.63, 3.8) is 0 Å². The molecular weight excluding hydrogens is 392 g/mol. The fourth-order valence-electron chi connectivity index (χ4n) is 3.49. The van der Waals surface area contributed by atoms with Crippen molar-refractivity contribution in [3.05, 3.63) is 95.6 Å². The van der Waals surface area contributed by atoms with Crippen molar-refractivity contribution in [1.82, 2.24) is 4.90 Å². The van der Waals surface area contributed by atoms with E-state index in [1.807, 2.05) is 72.5 Å². The van der Waals surface area contributed by atoms with Gasteiger partial charge in [0.1, 0.15) is 0 Å². The van der Waals surface area contributed by atoms with Gasteiger partial charge < -0.3 is 10.2 Å². The first-order valence-corrected chi connectivity index (χ1v) is 11.0. The standard InChI is InChI=1S/C25H24N2O2S/c1-18-24(28)26-22-16-21(12-13-23(22)30-18)25(29)27(17-20-10-6-3-7-11-20)15-14-19-8-4-2-5-9-19/h2-13,16,18H,14-15,17H2,1H3,(H,26,28). The van der Waals surface area contributed by atoms with Crippen LogP contribution in [0.5, 0.6) is 0 Å². The van der Waals surface area contributed by atoms with Crippen LogP contribution in [0.3, 0.4) is 0 Å². The first kappa shape index (κ1) is 20.2. The molecule has 1 heterocycles. The first-order chi connectivity index (χ1) is 14.6. The summed E-state index contributed by atoms with van der Waals surface area (Å²) in [5.74, 6) is -0.0576. The smallest absolute Gasteiger partial charge is 0.254 e. The van der Waals surface area contributed by atoms with Crippen LogP contribution in [-0.4, -0.2) is 28.5 Å². The van der Waals surface area contributed by atoms with Crippen LogP contribution < -0.4 is 5.32 Å². The minimum absolute atomic E-state index is 0.0256. The Balaban J connectivity index is 1.57. The summed E-state index contributed by atoms with van der Waals surface area (Å²) in [5, 5.41) is 2.80. The molecule has 1 N–H and O–H groups in total. The first-order valence-electron chi connectivity index (χ1n) is 10.1. The van der Waals surface area contributed by atoms with E-state index in [4.69, 9.17) is 0 Å². The molecule has 0 spiro atoms. The number of benzene rings is 3. The van der Waals surface area contributed by atoms with E-state index in [0.717, 1.165) is 22.6 Å². The number of rotatable bonds is 6. The maximum Gasteiger partial charge on any atom is 0.254 e. The van der Waals surface area contributed by atoms with E-state index in [0.29, 0.717) is 18.7 Å². The van der Waals surface area contributed by atoms with Crippen LogP contribution in [0.4, 0.5) is 5.69 Å². The second-order valence-corrected chi connectivity index (χ2v) is 8.79. The number of anilines is 1. The van der Waals surface area contributed by atoms with Crippen LogP contribution in [0.1, 0.15) is 28.4 Å². The van der Waals surface area contributed by atoms with E-state index in [2.05, 4.69) is 17.4 Å². The van der Waals surface area contributed by atoms with Crippen LogP contribution in [-0.2, 0) is 17.8 Å². The zero-order valence-electron chi connectivity index (χ0n) is 16.9. The fraction of sp³-hybridized carbons (Fsp3) is 0.200. The molecular formula is C25H24N2O2S. The van der Waals surface area contributed by atoms with Crippen molar-refractivity contribution in [2.45, 2.75) is 30.0 Å². The molecule has 0 radical (unpaired) electrons. The van der Waals surface area contributed by atoms with Crippen molar-refractivity contribution < 1.29 is 9.59 Å². The molecule has 0 aliphatic carbocycles. The average molecular weight is 417 g/mol. The Bertz CT molecular complexity index is 1040. The summed E-state index contributed by atoms with van der Waals surface area (Å²) in [5.41, 5.74) is 3.60. The molecule has 3 aromatic carbocycles. The van der Waals surface area contributed by atoms with Gasteiger partial charge in [-0.15, -0.1) is 11.8 Å². The molecule has 152 valence electrons. The molecule has 1 aliphatic rings. The van der Waals surface area contributed by atoms with E-state index in [9.17, 15) is 9.59 Å². The van der Waals surface area contributed by atoms with E-state index in [1.165, 1.54) is 17.3 Å². The highest BCUT2D eigenvalue weighted by Gasteiger charge is 2.25. The zero-order valence-corrected chi connectivity index (χ0v) is 17.7. The van der Waals surface area contributed by atoms with Gasteiger partial charge in [0, 0.05) is 23.5 Å². The summed E-state index contributed by atoms with van der Waals surface area (Å²) >= 11 is 1.52. The van der Waals surface area contributed by atoms with E-state index >= 15 is 0 Å². The van der Waals surface area contributed by atoms with Crippen LogP contribution in [0, 0.1) is 0 Å². The lowest BCUT2D eigenvalue weighted by molar-refractivity contribution is -0.115. The Morgan fingerprint density at radius 1 is 0.967 bits per heavy atom. The summed E-state index contributed by atoms with van der Waals surface area (Å²) in [6.07, 6.45) is 0.786. The molecule has 0 bridgehead atoms. The number of nitrogens with zero attached hydrogens (tertiary/aromatic N) is 1. The monoisotopic (exact) mass is 416 g/mol. The van der Waals surface area contributed by atoms with Gasteiger partial charge in [-0.2, -0.15) is 0 Å². The van der Waals surface area contributed by atoms with Crippen LogP contribution in [0.15, 0.2) is 83.8 Å². The predicted molar refractivity (Wildman–Crippen MR) is 122 cm³/mol. The van der Waals surface area contributed by atoms with Crippen molar-refractivity contribution >= 4 is 29.3 Å². The predicted octanol–water partition coefficient (Wildman–Crippen LogP) is 5.00. The molecule has 5 heteroatoms. The van der Waals surface area contributed by atoms with E-state index in [1.54, 1.807) is 6.07 Å². The highest BCUT2D eigenvalue weighted by molar-refractivity contribution is 8.00. The quantitative estimate of drug-likeness (QED) is 0.615. The van der Waals surface area contributed by atoms with Gasteiger partial charge in [-0.1, -0.05) is 60.7 Å². The molecule has 3 aromatic rings. The van der Waals surface area contributed by atoms with Crippen LogP contribution in [0.25, 0.3) is 0 Å². The summed E-state index contributed by atoms with van der Waals surface area (Å²) in [4.78, 5) is 28.3. The lowest BCUT2D eigenvalue weighted by Crippen LogP contribution is -2.33. The normalized spacial score (nSPS) is 15.2. The molecule has 0 fully saturated rings. The molecule has 0 aromatic heterocycles. The summed E-state index contributed by atoms with van der Waals surface area (Å²) in [6.45, 7) is 3.04. The van der Waals surface area contributed by atoms with Crippen LogP contribution in [0.2, 0.25) is 0 Å². The number of carbonyl (C=O) groups is 2. The topological polar surface area (TPSA) is 49.4 Å². The maximum absolute atomic E-state index is 13.4. The Morgan fingerprint density at radius 3 is 2.33 bits per heavy atom. The number of nitrogens with one attached hydrogen (secondary N) is 1. The van der Waals surface area contributed by atoms with Gasteiger partial charge in [0.05, 0.1) is 10.9 Å². The van der Waals surface area contributed by atoms with Gasteiger partial charge in [-0.25, -0.2) is 0 Å². The summed E-state index contributed by atoms with van der Waals surface area (Å²) < 4.78 is 0. The minimum atomic E-state index is -0.125. The molecule has 4 nitrogen and oxygen atoms in total. The molecule has 1 atom stereocenters. The lowest BCUT2D eigenvalue weighted by atomic mass is 10.1. The number of fused-ring (bicyclic) bond motifs is 1. The van der Waals surface area contributed by atoms with Crippen molar-refractivity contribution in [2.24, 2.45) is 0 Å². The zero-order chi connectivity index (χ0) is 20.9. The van der Waals surface area contributed by atoms with Gasteiger partial charge in [0.25, 0.3) is 5.91 Å². The molecule has 1 aliphatic heterocycles. The molecule has 4 rings (SSSR count). The van der Waals surface area contributed by atoms with Crippen molar-refractivity contribution in [3.8, 4) is 0 Å². The SMILES string of the molecule is CC1Sc2ccc(C(=O)N(CCc3ccccc3)Cc3ccccc3)cc2NC1=O. The molecule has 30 heavy (non-hydrogen) atoms. The van der Waals surface area contributed by atoms with Gasteiger partial charge in [0.2, 0.25) is 5.91 Å². The van der Waals surface area contributed by atoms with Gasteiger partial charge in [-0.3, -0.25) is 9.59 Å². The number of carbonyl (C=O) groups excluding carboxylic acids is 2. The number of amides is 2. The maximum atomic E-state index is 13.4. The third-order valence-electron chi connectivity index (χ3n) is 5.17. The third kappa shape index (κ3) is 4.74. The molecule has 2 amide bonds. The lowest BCUT2D eigenvalue weighted by Gasteiger charge is -2.25. The van der Waals surface area contributed by atoms with E-state index < -0.39 is 0 Å². The number of hydrogen-bond donors (Lipinski definition) is 1. The molecule has 0 saturated heterocycles. The minimum Gasteiger partial charge on any atom is -0.334 e. The average Bonchev–Trinajstić information content (AvgIpc) is 2.78. The highest BCUT2D eigenvalue weighted by Crippen LogP contribution is 2.36. The van der Waals surface area contributed by atoms with E-state index in [-0.39, 0.29) is 17.1 Å². The third-order valence-corrected chi connectivity index (χ3v) is 6.35. The Kier molecular flexibility index (Phi) is 6.19. The second-order valence-electron chi connectivity index (χ2n) is 7.41. The second kappa shape index (κ2) is 9.18. The molecule has 0 saturated carbocycles. The Labute approximate surface area is 181 Å². The molecule has 1 unspecified atom stereocenters. The van der Waals surface area contributed by atoms with Crippen molar-refractivity contribution in [1.29, 1.82) is 0 Å². The fourth-order valence-corrected chi connectivity index (χ4v) is 4.42. The highest BCUT2D eigenvalue weighted by atomic mass is 32.2. The summed E-state index contributed by atoms with van der Waals surface area (Å²) in [6, 6.07) is 25.8. The van der Waals surface area contributed by atoms with Crippen LogP contribution >= 0.6 is 11.8 Å². The van der Waals surface area contributed by atoms with Gasteiger partial charge in [0.15, 0.2) is 0 Å². The Morgan fingerprint density at radius 2 is 1.63 bits per heavy atom. The Hall–Kier alpha value is -3.05. The number of hydrogen-bond acceptors (Lipinski definition) is 3. The van der Waals surface area contributed by atoms with Crippen molar-refractivity contribution in [2.75, 3.05) is 11.9 Å². The van der Waals surface area contributed by atoms with Gasteiger partial charge in [-0.05, 0) is 42.7 Å². The van der Waals surface area contributed by atoms with Gasteiger partial charge >= 0.3 is 0 Å². The number of thioether (sulfide) groups is 1. The summed E-state index contributed by atoms with van der Waals surface area (Å²) in [7, 11) is 0. The largest absolute Gasteiger partial charge is 0.334 e.